The minimum atomic E-state index is -0.624. The minimum Gasteiger partial charge on any atom is -0.455 e. The number of nitro benzene ring substituents is 1. The van der Waals surface area contributed by atoms with Gasteiger partial charge < -0.3 is 10.1 Å². The van der Waals surface area contributed by atoms with Crippen LogP contribution >= 0.6 is 11.3 Å². The Balaban J connectivity index is 1.92. The Morgan fingerprint density at radius 1 is 1.35 bits per heavy atom. The van der Waals surface area contributed by atoms with E-state index in [9.17, 15) is 19.7 Å². The van der Waals surface area contributed by atoms with E-state index in [1.54, 1.807) is 19.1 Å². The van der Waals surface area contributed by atoms with Crippen molar-refractivity contribution in [1.29, 1.82) is 0 Å². The Morgan fingerprint density at radius 2 is 2.13 bits per heavy atom. The lowest BCUT2D eigenvalue weighted by molar-refractivity contribution is -0.384. The molecule has 0 aliphatic carbocycles. The number of carbonyl (C=O) groups is 2. The number of benzene rings is 1. The van der Waals surface area contributed by atoms with Crippen LogP contribution in [0.3, 0.4) is 0 Å². The van der Waals surface area contributed by atoms with E-state index in [-0.39, 0.29) is 17.8 Å². The number of ether oxygens (including phenoxy) is 1. The number of anilines is 1. The lowest BCUT2D eigenvalue weighted by atomic mass is 10.1. The van der Waals surface area contributed by atoms with Gasteiger partial charge in [-0.1, -0.05) is 12.1 Å². The normalized spacial score (nSPS) is 10.1. The minimum absolute atomic E-state index is 0.0846. The predicted octanol–water partition coefficient (Wildman–Crippen LogP) is 2.69. The van der Waals surface area contributed by atoms with Crippen LogP contribution in [0.4, 0.5) is 11.4 Å². The van der Waals surface area contributed by atoms with Crippen molar-refractivity contribution >= 4 is 34.6 Å². The second kappa shape index (κ2) is 7.50. The Labute approximate surface area is 136 Å². The first kappa shape index (κ1) is 16.6. The number of para-hydroxylation sites is 1. The van der Waals surface area contributed by atoms with E-state index in [0.29, 0.717) is 5.56 Å². The molecule has 23 heavy (non-hydrogen) atoms. The molecule has 0 saturated heterocycles. The maximum Gasteiger partial charge on any atom is 0.310 e. The Morgan fingerprint density at radius 3 is 2.78 bits per heavy atom. The van der Waals surface area contributed by atoms with Crippen molar-refractivity contribution in [1.82, 2.24) is 0 Å². The number of carbonyl (C=O) groups excluding carboxylic acids is 2. The molecule has 0 aliphatic rings. The molecule has 2 rings (SSSR count). The van der Waals surface area contributed by atoms with E-state index in [1.165, 1.54) is 23.5 Å². The average molecular weight is 334 g/mol. The van der Waals surface area contributed by atoms with Crippen molar-refractivity contribution in [3.63, 3.8) is 0 Å². The Hall–Kier alpha value is -2.74. The first-order valence-electron chi connectivity index (χ1n) is 6.68. The van der Waals surface area contributed by atoms with Gasteiger partial charge in [-0.25, -0.2) is 0 Å². The summed E-state index contributed by atoms with van der Waals surface area (Å²) < 4.78 is 4.87. The van der Waals surface area contributed by atoms with Crippen LogP contribution in [0.2, 0.25) is 0 Å². The van der Waals surface area contributed by atoms with Crippen LogP contribution in [0.5, 0.6) is 0 Å². The molecule has 7 nitrogen and oxygen atoms in total. The zero-order chi connectivity index (χ0) is 16.8. The van der Waals surface area contributed by atoms with Crippen LogP contribution in [0.1, 0.15) is 11.1 Å². The molecule has 2 aromatic rings. The molecule has 0 spiro atoms. The van der Waals surface area contributed by atoms with Gasteiger partial charge in [-0.3, -0.25) is 19.7 Å². The summed E-state index contributed by atoms with van der Waals surface area (Å²) in [5.41, 5.74) is 1.27. The third-order valence-electron chi connectivity index (χ3n) is 3.00. The number of aryl methyl sites for hydroxylation is 1. The summed E-state index contributed by atoms with van der Waals surface area (Å²) in [6, 6.07) is 6.27. The van der Waals surface area contributed by atoms with Crippen LogP contribution in [0.15, 0.2) is 35.0 Å². The SMILES string of the molecule is Cc1cccc([N+](=O)[O-])c1NC(=O)COC(=O)Cc1ccsc1. The van der Waals surface area contributed by atoms with Crippen LogP contribution in [0, 0.1) is 17.0 Å². The monoisotopic (exact) mass is 334 g/mol. The van der Waals surface area contributed by atoms with Crippen molar-refractivity contribution in [3.05, 3.63) is 56.3 Å². The highest BCUT2D eigenvalue weighted by Crippen LogP contribution is 2.27. The highest BCUT2D eigenvalue weighted by molar-refractivity contribution is 7.07. The van der Waals surface area contributed by atoms with Crippen molar-refractivity contribution < 1.29 is 19.2 Å². The summed E-state index contributed by atoms with van der Waals surface area (Å²) in [6.07, 6.45) is 0.0846. The number of nitro groups is 1. The second-order valence-corrected chi connectivity index (χ2v) is 5.52. The van der Waals surface area contributed by atoms with Gasteiger partial charge in [0.1, 0.15) is 5.69 Å². The van der Waals surface area contributed by atoms with Crippen molar-refractivity contribution in [2.24, 2.45) is 0 Å². The van der Waals surface area contributed by atoms with Crippen LogP contribution in [0.25, 0.3) is 0 Å². The first-order chi connectivity index (χ1) is 11.0. The fraction of sp³-hybridized carbons (Fsp3) is 0.200. The number of amides is 1. The molecule has 0 unspecified atom stereocenters. The molecule has 0 atom stereocenters. The largest absolute Gasteiger partial charge is 0.455 e. The maximum atomic E-state index is 11.8. The van der Waals surface area contributed by atoms with Gasteiger partial charge >= 0.3 is 5.97 Å². The summed E-state index contributed by atoms with van der Waals surface area (Å²) in [5, 5.41) is 17.0. The van der Waals surface area contributed by atoms with E-state index in [2.05, 4.69) is 5.32 Å². The number of nitrogens with one attached hydrogen (secondary N) is 1. The van der Waals surface area contributed by atoms with Crippen LogP contribution in [-0.2, 0) is 20.7 Å². The predicted molar refractivity (Wildman–Crippen MR) is 85.4 cm³/mol. The number of hydrogen-bond donors (Lipinski definition) is 1. The number of esters is 1. The number of thiophene rings is 1. The van der Waals surface area contributed by atoms with Gasteiger partial charge in [0.05, 0.1) is 11.3 Å². The zero-order valence-corrected chi connectivity index (χ0v) is 13.1. The standard InChI is InChI=1S/C15H14N2O5S/c1-10-3-2-4-12(17(20)21)15(10)16-13(18)8-22-14(19)7-11-5-6-23-9-11/h2-6,9H,7-8H2,1H3,(H,16,18). The summed E-state index contributed by atoms with van der Waals surface area (Å²) in [7, 11) is 0. The molecule has 120 valence electrons. The van der Waals surface area contributed by atoms with E-state index < -0.39 is 23.4 Å². The van der Waals surface area contributed by atoms with Crippen molar-refractivity contribution in [2.75, 3.05) is 11.9 Å². The molecule has 0 saturated carbocycles. The molecular formula is C15H14N2O5S. The van der Waals surface area contributed by atoms with Gasteiger partial charge in [0, 0.05) is 6.07 Å². The van der Waals surface area contributed by atoms with Gasteiger partial charge in [0.15, 0.2) is 6.61 Å². The molecule has 0 fully saturated rings. The Kier molecular flexibility index (Phi) is 5.42. The average Bonchev–Trinajstić information content (AvgIpc) is 3.00. The maximum absolute atomic E-state index is 11.8. The fourth-order valence-corrected chi connectivity index (χ4v) is 2.57. The summed E-state index contributed by atoms with van der Waals surface area (Å²) in [6.45, 7) is 1.15. The lowest BCUT2D eigenvalue weighted by Gasteiger charge is -2.09. The molecule has 1 aromatic heterocycles. The molecule has 1 N–H and O–H groups in total. The molecule has 8 heteroatoms. The molecule has 0 radical (unpaired) electrons. The molecular weight excluding hydrogens is 320 g/mol. The molecule has 1 amide bonds. The van der Waals surface area contributed by atoms with E-state index >= 15 is 0 Å². The van der Waals surface area contributed by atoms with E-state index in [1.807, 2.05) is 10.8 Å². The highest BCUT2D eigenvalue weighted by Gasteiger charge is 2.18. The van der Waals surface area contributed by atoms with E-state index in [4.69, 9.17) is 4.74 Å². The summed E-state index contributed by atoms with van der Waals surface area (Å²) in [5.74, 6) is -1.15. The first-order valence-corrected chi connectivity index (χ1v) is 7.62. The lowest BCUT2D eigenvalue weighted by Crippen LogP contribution is -2.22. The number of rotatable bonds is 6. The number of nitrogens with zero attached hydrogens (tertiary/aromatic N) is 1. The number of hydrogen-bond acceptors (Lipinski definition) is 6. The summed E-state index contributed by atoms with van der Waals surface area (Å²) in [4.78, 5) is 33.8. The molecule has 1 heterocycles. The van der Waals surface area contributed by atoms with Crippen LogP contribution < -0.4 is 5.32 Å². The van der Waals surface area contributed by atoms with Crippen molar-refractivity contribution in [2.45, 2.75) is 13.3 Å². The third-order valence-corrected chi connectivity index (χ3v) is 3.74. The smallest absolute Gasteiger partial charge is 0.310 e. The van der Waals surface area contributed by atoms with Crippen LogP contribution in [-0.4, -0.2) is 23.4 Å². The van der Waals surface area contributed by atoms with Crippen molar-refractivity contribution in [3.8, 4) is 0 Å². The van der Waals surface area contributed by atoms with Gasteiger partial charge in [0.2, 0.25) is 0 Å². The topological polar surface area (TPSA) is 98.5 Å². The summed E-state index contributed by atoms with van der Waals surface area (Å²) >= 11 is 1.46. The second-order valence-electron chi connectivity index (χ2n) is 4.74. The molecule has 0 bridgehead atoms. The molecule has 0 aliphatic heterocycles. The zero-order valence-electron chi connectivity index (χ0n) is 12.3. The molecule has 1 aromatic carbocycles. The van der Waals surface area contributed by atoms with Gasteiger partial charge in [-0.15, -0.1) is 0 Å². The fourth-order valence-electron chi connectivity index (χ4n) is 1.90. The third kappa shape index (κ3) is 4.62. The van der Waals surface area contributed by atoms with Gasteiger partial charge in [-0.05, 0) is 34.9 Å². The Bertz CT molecular complexity index is 727. The van der Waals surface area contributed by atoms with E-state index in [0.717, 1.165) is 5.56 Å². The quantitative estimate of drug-likeness (QED) is 0.497. The van der Waals surface area contributed by atoms with Gasteiger partial charge in [0.25, 0.3) is 11.6 Å². The highest BCUT2D eigenvalue weighted by atomic mass is 32.1. The van der Waals surface area contributed by atoms with Gasteiger partial charge in [-0.2, -0.15) is 11.3 Å².